The van der Waals surface area contributed by atoms with Crippen LogP contribution in [0.1, 0.15) is 11.1 Å². The van der Waals surface area contributed by atoms with Crippen molar-refractivity contribution in [3.05, 3.63) is 35.1 Å². The lowest BCUT2D eigenvalue weighted by Gasteiger charge is -2.03. The minimum atomic E-state index is -0.426. The molecule has 0 atom stereocenters. The molecule has 0 aliphatic carbocycles. The Morgan fingerprint density at radius 1 is 1.54 bits per heavy atom. The average Bonchev–Trinajstić information content (AvgIpc) is 2.13. The second kappa shape index (κ2) is 4.03. The van der Waals surface area contributed by atoms with Crippen LogP contribution in [-0.2, 0) is 16.0 Å². The van der Waals surface area contributed by atoms with Crippen molar-refractivity contribution in [2.75, 3.05) is 7.11 Å². The molecule has 0 amide bonds. The second-order valence-electron chi connectivity index (χ2n) is 2.80. The monoisotopic (exact) mass is 182 g/mol. The molecule has 1 aromatic carbocycles. The number of hydrogen-bond donors (Lipinski definition) is 0. The number of esters is 1. The van der Waals surface area contributed by atoms with E-state index in [0.717, 1.165) is 0 Å². The van der Waals surface area contributed by atoms with Crippen LogP contribution < -0.4 is 0 Å². The molecule has 3 heteroatoms. The molecule has 1 rings (SSSR count). The fourth-order valence-electron chi connectivity index (χ4n) is 1.07. The van der Waals surface area contributed by atoms with Crippen LogP contribution in [-0.4, -0.2) is 13.1 Å². The Morgan fingerprint density at radius 3 is 2.85 bits per heavy atom. The molecule has 70 valence electrons. The summed E-state index contributed by atoms with van der Waals surface area (Å²) in [5.41, 5.74) is 0.924. The fourth-order valence-corrected chi connectivity index (χ4v) is 1.07. The molecule has 0 unspecified atom stereocenters. The fraction of sp³-hybridized carbons (Fsp3) is 0.300. The van der Waals surface area contributed by atoms with Gasteiger partial charge in [0, 0.05) is 0 Å². The van der Waals surface area contributed by atoms with Crippen molar-refractivity contribution >= 4 is 5.97 Å². The normalized spacial score (nSPS) is 9.77. The van der Waals surface area contributed by atoms with Gasteiger partial charge in [-0.25, -0.2) is 4.39 Å². The Labute approximate surface area is 76.3 Å². The molecule has 0 aromatic heterocycles. The minimum absolute atomic E-state index is 0.00991. The Kier molecular flexibility index (Phi) is 3.01. The van der Waals surface area contributed by atoms with E-state index >= 15 is 0 Å². The largest absolute Gasteiger partial charge is 0.469 e. The lowest BCUT2D eigenvalue weighted by atomic mass is 10.1. The van der Waals surface area contributed by atoms with Crippen LogP contribution in [0.3, 0.4) is 0 Å². The van der Waals surface area contributed by atoms with Crippen LogP contribution in [0, 0.1) is 12.7 Å². The number of carbonyl (C=O) groups is 1. The van der Waals surface area contributed by atoms with Gasteiger partial charge in [-0.05, 0) is 18.1 Å². The molecule has 0 bridgehead atoms. The standard InChI is InChI=1S/C10H11FO2/c1-7-4-3-5-8(10(7)11)6-9(12)13-2/h3-5H,6H2,1-2H3. The molecule has 0 saturated carbocycles. The Balaban J connectivity index is 2.89. The molecule has 0 aliphatic heterocycles. The van der Waals surface area contributed by atoms with Crippen LogP contribution in [0.5, 0.6) is 0 Å². The molecular weight excluding hydrogens is 171 g/mol. The molecule has 0 saturated heterocycles. The van der Waals surface area contributed by atoms with Crippen LogP contribution in [0.25, 0.3) is 0 Å². The van der Waals surface area contributed by atoms with Gasteiger partial charge >= 0.3 is 5.97 Å². The summed E-state index contributed by atoms with van der Waals surface area (Å²) in [7, 11) is 1.29. The second-order valence-corrected chi connectivity index (χ2v) is 2.80. The first-order chi connectivity index (χ1) is 6.15. The third kappa shape index (κ3) is 2.28. The van der Waals surface area contributed by atoms with E-state index in [4.69, 9.17) is 0 Å². The van der Waals surface area contributed by atoms with Crippen molar-refractivity contribution in [1.29, 1.82) is 0 Å². The van der Waals surface area contributed by atoms with Gasteiger partial charge in [-0.2, -0.15) is 0 Å². The van der Waals surface area contributed by atoms with E-state index in [0.29, 0.717) is 11.1 Å². The maximum atomic E-state index is 13.3. The summed E-state index contributed by atoms with van der Waals surface area (Å²) < 4.78 is 17.7. The SMILES string of the molecule is COC(=O)Cc1cccc(C)c1F. The molecule has 0 spiro atoms. The molecule has 0 fully saturated rings. The highest BCUT2D eigenvalue weighted by Crippen LogP contribution is 2.12. The lowest BCUT2D eigenvalue weighted by Crippen LogP contribution is -2.06. The number of halogens is 1. The molecule has 0 N–H and O–H groups in total. The summed E-state index contributed by atoms with van der Waals surface area (Å²) >= 11 is 0. The summed E-state index contributed by atoms with van der Waals surface area (Å²) in [6.07, 6.45) is -0.00991. The molecule has 1 aromatic rings. The van der Waals surface area contributed by atoms with Crippen molar-refractivity contribution in [3.63, 3.8) is 0 Å². The van der Waals surface area contributed by atoms with E-state index in [1.807, 2.05) is 0 Å². The topological polar surface area (TPSA) is 26.3 Å². The van der Waals surface area contributed by atoms with E-state index in [1.165, 1.54) is 7.11 Å². The molecule has 0 aliphatic rings. The molecule has 2 nitrogen and oxygen atoms in total. The Hall–Kier alpha value is -1.38. The highest BCUT2D eigenvalue weighted by molar-refractivity contribution is 5.72. The van der Waals surface area contributed by atoms with E-state index in [2.05, 4.69) is 4.74 Å². The first-order valence-corrected chi connectivity index (χ1v) is 3.96. The zero-order valence-electron chi connectivity index (χ0n) is 7.63. The van der Waals surface area contributed by atoms with E-state index in [9.17, 15) is 9.18 Å². The van der Waals surface area contributed by atoms with E-state index in [-0.39, 0.29) is 12.2 Å². The highest BCUT2D eigenvalue weighted by Gasteiger charge is 2.08. The quantitative estimate of drug-likeness (QED) is 0.652. The summed E-state index contributed by atoms with van der Waals surface area (Å²) in [6, 6.07) is 4.96. The third-order valence-corrected chi connectivity index (χ3v) is 1.83. The molecular formula is C10H11FO2. The predicted octanol–water partition coefficient (Wildman–Crippen LogP) is 1.85. The predicted molar refractivity (Wildman–Crippen MR) is 46.9 cm³/mol. The third-order valence-electron chi connectivity index (χ3n) is 1.83. The van der Waals surface area contributed by atoms with Crippen LogP contribution in [0.2, 0.25) is 0 Å². The van der Waals surface area contributed by atoms with E-state index in [1.54, 1.807) is 25.1 Å². The zero-order chi connectivity index (χ0) is 9.84. The number of rotatable bonds is 2. The van der Waals surface area contributed by atoms with Gasteiger partial charge in [-0.15, -0.1) is 0 Å². The van der Waals surface area contributed by atoms with Crippen LogP contribution >= 0.6 is 0 Å². The van der Waals surface area contributed by atoms with Gasteiger partial charge in [0.15, 0.2) is 0 Å². The van der Waals surface area contributed by atoms with Gasteiger partial charge in [0.1, 0.15) is 5.82 Å². The van der Waals surface area contributed by atoms with Gasteiger partial charge < -0.3 is 4.74 Å². The lowest BCUT2D eigenvalue weighted by molar-refractivity contribution is -0.139. The van der Waals surface area contributed by atoms with Crippen molar-refractivity contribution in [2.45, 2.75) is 13.3 Å². The van der Waals surface area contributed by atoms with Crippen molar-refractivity contribution in [3.8, 4) is 0 Å². The van der Waals surface area contributed by atoms with Gasteiger partial charge in [0.25, 0.3) is 0 Å². The maximum Gasteiger partial charge on any atom is 0.310 e. The van der Waals surface area contributed by atoms with Gasteiger partial charge in [0.05, 0.1) is 13.5 Å². The smallest absolute Gasteiger partial charge is 0.310 e. The Bertz CT molecular complexity index is 321. The summed E-state index contributed by atoms with van der Waals surface area (Å²) in [4.78, 5) is 10.9. The first-order valence-electron chi connectivity index (χ1n) is 3.96. The van der Waals surface area contributed by atoms with Crippen molar-refractivity contribution in [2.24, 2.45) is 0 Å². The molecule has 0 heterocycles. The van der Waals surface area contributed by atoms with Gasteiger partial charge in [0.2, 0.25) is 0 Å². The number of carbonyl (C=O) groups excluding carboxylic acids is 1. The maximum absolute atomic E-state index is 13.3. The van der Waals surface area contributed by atoms with Gasteiger partial charge in [-0.1, -0.05) is 18.2 Å². The minimum Gasteiger partial charge on any atom is -0.469 e. The highest BCUT2D eigenvalue weighted by atomic mass is 19.1. The van der Waals surface area contributed by atoms with Crippen molar-refractivity contribution in [1.82, 2.24) is 0 Å². The summed E-state index contributed by atoms with van der Waals surface area (Å²) in [6.45, 7) is 1.66. The Morgan fingerprint density at radius 2 is 2.23 bits per heavy atom. The summed E-state index contributed by atoms with van der Waals surface area (Å²) in [5.74, 6) is -0.752. The molecule has 13 heavy (non-hydrogen) atoms. The zero-order valence-corrected chi connectivity index (χ0v) is 7.63. The van der Waals surface area contributed by atoms with E-state index < -0.39 is 5.97 Å². The summed E-state index contributed by atoms with van der Waals surface area (Å²) in [5, 5.41) is 0. The number of hydrogen-bond acceptors (Lipinski definition) is 2. The first kappa shape index (κ1) is 9.71. The number of methoxy groups -OCH3 is 1. The number of benzene rings is 1. The molecule has 0 radical (unpaired) electrons. The average molecular weight is 182 g/mol. The van der Waals surface area contributed by atoms with Crippen LogP contribution in [0.4, 0.5) is 4.39 Å². The van der Waals surface area contributed by atoms with Crippen LogP contribution in [0.15, 0.2) is 18.2 Å². The number of ether oxygens (including phenoxy) is 1. The number of aryl methyl sites for hydroxylation is 1. The van der Waals surface area contributed by atoms with Crippen molar-refractivity contribution < 1.29 is 13.9 Å². The van der Waals surface area contributed by atoms with Gasteiger partial charge in [-0.3, -0.25) is 4.79 Å².